The highest BCUT2D eigenvalue weighted by molar-refractivity contribution is 5.85. The fourth-order valence-electron chi connectivity index (χ4n) is 3.18. The Morgan fingerprint density at radius 2 is 2.00 bits per heavy atom. The van der Waals surface area contributed by atoms with Crippen molar-refractivity contribution in [3.05, 3.63) is 12.7 Å². The number of nitrogens with one attached hydrogen (secondary N) is 1. The average molecular weight is 245 g/mol. The first-order chi connectivity index (χ1) is 7.37. The van der Waals surface area contributed by atoms with Gasteiger partial charge >= 0.3 is 0 Å². The van der Waals surface area contributed by atoms with Gasteiger partial charge in [0.15, 0.2) is 0 Å². The summed E-state index contributed by atoms with van der Waals surface area (Å²) in [5.41, 5.74) is 0.500. The Bertz CT molecular complexity index is 204. The van der Waals surface area contributed by atoms with Crippen LogP contribution in [0.3, 0.4) is 0 Å². The van der Waals surface area contributed by atoms with E-state index in [0.29, 0.717) is 5.54 Å². The molecule has 1 spiro atoms. The summed E-state index contributed by atoms with van der Waals surface area (Å²) in [6.45, 7) is 8.66. The summed E-state index contributed by atoms with van der Waals surface area (Å²) in [6.07, 6.45) is 10.3. The largest absolute Gasteiger partial charge is 0.314 e. The SMILES string of the molecule is C=CCCN1CCNCC12CCCCC2.Cl. The lowest BCUT2D eigenvalue weighted by Gasteiger charge is -2.50. The van der Waals surface area contributed by atoms with Crippen LogP contribution >= 0.6 is 12.4 Å². The van der Waals surface area contributed by atoms with Crippen LogP contribution in [0, 0.1) is 0 Å². The lowest BCUT2D eigenvalue weighted by molar-refractivity contribution is 0.0292. The second-order valence-electron chi connectivity index (χ2n) is 5.03. The minimum absolute atomic E-state index is 0. The molecular weight excluding hydrogens is 220 g/mol. The molecule has 0 amide bonds. The van der Waals surface area contributed by atoms with E-state index in [4.69, 9.17) is 0 Å². The van der Waals surface area contributed by atoms with Gasteiger partial charge in [-0.05, 0) is 19.3 Å². The molecule has 0 aromatic carbocycles. The van der Waals surface area contributed by atoms with Gasteiger partial charge in [0.05, 0.1) is 0 Å². The molecule has 2 rings (SSSR count). The van der Waals surface area contributed by atoms with E-state index in [-0.39, 0.29) is 12.4 Å². The molecular formula is C13H25ClN2. The third kappa shape index (κ3) is 2.99. The first kappa shape index (κ1) is 14.0. The zero-order valence-electron chi connectivity index (χ0n) is 10.2. The molecule has 16 heavy (non-hydrogen) atoms. The lowest BCUT2D eigenvalue weighted by Crippen LogP contribution is -2.62. The fourth-order valence-corrected chi connectivity index (χ4v) is 3.18. The summed E-state index contributed by atoms with van der Waals surface area (Å²) < 4.78 is 0. The molecule has 2 fully saturated rings. The van der Waals surface area contributed by atoms with Crippen LogP contribution in [0.15, 0.2) is 12.7 Å². The number of nitrogens with zero attached hydrogens (tertiary/aromatic N) is 1. The van der Waals surface area contributed by atoms with E-state index < -0.39 is 0 Å². The minimum Gasteiger partial charge on any atom is -0.314 e. The number of halogens is 1. The second-order valence-corrected chi connectivity index (χ2v) is 5.03. The molecule has 1 saturated heterocycles. The van der Waals surface area contributed by atoms with E-state index in [1.54, 1.807) is 0 Å². The number of piperazine rings is 1. The van der Waals surface area contributed by atoms with Crippen LogP contribution in [-0.2, 0) is 0 Å². The van der Waals surface area contributed by atoms with Crippen molar-refractivity contribution in [1.82, 2.24) is 10.2 Å². The molecule has 3 heteroatoms. The third-order valence-electron chi connectivity index (χ3n) is 4.07. The van der Waals surface area contributed by atoms with Crippen molar-refractivity contribution in [3.8, 4) is 0 Å². The van der Waals surface area contributed by atoms with Crippen LogP contribution in [0.25, 0.3) is 0 Å². The van der Waals surface area contributed by atoms with E-state index in [2.05, 4.69) is 22.9 Å². The Hall–Kier alpha value is -0.0500. The van der Waals surface area contributed by atoms with E-state index in [1.807, 2.05) is 0 Å². The summed E-state index contributed by atoms with van der Waals surface area (Å²) in [7, 11) is 0. The maximum Gasteiger partial charge on any atom is 0.0334 e. The monoisotopic (exact) mass is 244 g/mol. The van der Waals surface area contributed by atoms with Gasteiger partial charge in [0.1, 0.15) is 0 Å². The molecule has 0 unspecified atom stereocenters. The van der Waals surface area contributed by atoms with Crippen LogP contribution in [0.2, 0.25) is 0 Å². The molecule has 1 N–H and O–H groups in total. The van der Waals surface area contributed by atoms with Crippen LogP contribution in [0.5, 0.6) is 0 Å². The summed E-state index contributed by atoms with van der Waals surface area (Å²) >= 11 is 0. The molecule has 94 valence electrons. The van der Waals surface area contributed by atoms with Crippen molar-refractivity contribution in [2.45, 2.75) is 44.1 Å². The quantitative estimate of drug-likeness (QED) is 0.768. The van der Waals surface area contributed by atoms with Crippen LogP contribution in [-0.4, -0.2) is 36.6 Å². The normalized spacial score (nSPS) is 25.0. The van der Waals surface area contributed by atoms with E-state index in [1.165, 1.54) is 58.3 Å². The zero-order chi connectivity index (χ0) is 10.6. The van der Waals surface area contributed by atoms with Crippen LogP contribution in [0.1, 0.15) is 38.5 Å². The smallest absolute Gasteiger partial charge is 0.0334 e. The van der Waals surface area contributed by atoms with Crippen molar-refractivity contribution in [2.24, 2.45) is 0 Å². The average Bonchev–Trinajstić information content (AvgIpc) is 2.29. The standard InChI is InChI=1S/C13H24N2.ClH/c1-2-3-10-15-11-9-14-12-13(15)7-5-4-6-8-13;/h2,14H,1,3-12H2;1H. The predicted octanol–water partition coefficient (Wildman–Crippen LogP) is 2.59. The Morgan fingerprint density at radius 1 is 1.25 bits per heavy atom. The third-order valence-corrected chi connectivity index (χ3v) is 4.07. The maximum absolute atomic E-state index is 3.84. The van der Waals surface area contributed by atoms with Crippen molar-refractivity contribution < 1.29 is 0 Å². The predicted molar refractivity (Wildman–Crippen MR) is 72.3 cm³/mol. The lowest BCUT2D eigenvalue weighted by atomic mass is 9.79. The van der Waals surface area contributed by atoms with E-state index in [9.17, 15) is 0 Å². The van der Waals surface area contributed by atoms with Crippen molar-refractivity contribution in [2.75, 3.05) is 26.2 Å². The second kappa shape index (κ2) is 6.63. The van der Waals surface area contributed by atoms with Gasteiger partial charge in [-0.25, -0.2) is 0 Å². The van der Waals surface area contributed by atoms with Gasteiger partial charge in [0.2, 0.25) is 0 Å². The molecule has 0 radical (unpaired) electrons. The van der Waals surface area contributed by atoms with Crippen LogP contribution < -0.4 is 5.32 Å². The Morgan fingerprint density at radius 3 is 2.69 bits per heavy atom. The fraction of sp³-hybridized carbons (Fsp3) is 0.846. The molecule has 2 aliphatic rings. The van der Waals surface area contributed by atoms with Gasteiger partial charge in [-0.2, -0.15) is 0 Å². The van der Waals surface area contributed by atoms with Gasteiger partial charge in [-0.3, -0.25) is 4.90 Å². The number of rotatable bonds is 3. The van der Waals surface area contributed by atoms with Crippen molar-refractivity contribution >= 4 is 12.4 Å². The van der Waals surface area contributed by atoms with Gasteiger partial charge in [-0.1, -0.05) is 25.3 Å². The summed E-state index contributed by atoms with van der Waals surface area (Å²) in [6, 6.07) is 0. The number of hydrogen-bond donors (Lipinski definition) is 1. The summed E-state index contributed by atoms with van der Waals surface area (Å²) in [5, 5.41) is 3.58. The van der Waals surface area contributed by atoms with Gasteiger partial charge < -0.3 is 5.32 Å². The molecule has 1 aliphatic carbocycles. The van der Waals surface area contributed by atoms with Gasteiger partial charge in [0, 0.05) is 31.7 Å². The Labute approximate surface area is 106 Å². The summed E-state index contributed by atoms with van der Waals surface area (Å²) in [5.74, 6) is 0. The van der Waals surface area contributed by atoms with Gasteiger partial charge in [0.25, 0.3) is 0 Å². The first-order valence-electron chi connectivity index (χ1n) is 6.44. The topological polar surface area (TPSA) is 15.3 Å². The summed E-state index contributed by atoms with van der Waals surface area (Å²) in [4.78, 5) is 2.73. The molecule has 2 nitrogen and oxygen atoms in total. The Kier molecular flexibility index (Phi) is 5.81. The molecule has 0 aromatic heterocycles. The maximum atomic E-state index is 3.84. The highest BCUT2D eigenvalue weighted by Gasteiger charge is 2.38. The minimum atomic E-state index is 0. The van der Waals surface area contributed by atoms with Crippen molar-refractivity contribution in [3.63, 3.8) is 0 Å². The number of hydrogen-bond acceptors (Lipinski definition) is 2. The Balaban J connectivity index is 0.00000128. The van der Waals surface area contributed by atoms with Crippen molar-refractivity contribution in [1.29, 1.82) is 0 Å². The molecule has 1 saturated carbocycles. The molecule has 0 bridgehead atoms. The first-order valence-corrected chi connectivity index (χ1v) is 6.44. The van der Waals surface area contributed by atoms with E-state index in [0.717, 1.165) is 6.42 Å². The molecule has 0 aromatic rings. The van der Waals surface area contributed by atoms with E-state index >= 15 is 0 Å². The highest BCUT2D eigenvalue weighted by Crippen LogP contribution is 2.34. The molecule has 1 heterocycles. The molecule has 0 atom stereocenters. The van der Waals surface area contributed by atoms with Crippen LogP contribution in [0.4, 0.5) is 0 Å². The molecule has 1 aliphatic heterocycles. The zero-order valence-corrected chi connectivity index (χ0v) is 11.0. The van der Waals surface area contributed by atoms with Gasteiger partial charge in [-0.15, -0.1) is 19.0 Å². The highest BCUT2D eigenvalue weighted by atomic mass is 35.5.